The average molecular weight is 388 g/mol. The van der Waals surface area contributed by atoms with Crippen LogP contribution >= 0.6 is 0 Å². The van der Waals surface area contributed by atoms with Crippen LogP contribution in [-0.4, -0.2) is 22.9 Å². The van der Waals surface area contributed by atoms with Gasteiger partial charge in [-0.05, 0) is 43.0 Å². The zero-order valence-corrected chi connectivity index (χ0v) is 16.7. The third kappa shape index (κ3) is 4.06. The molecule has 3 aromatic rings. The van der Waals surface area contributed by atoms with E-state index in [2.05, 4.69) is 33.6 Å². The minimum absolute atomic E-state index is 0.0932. The van der Waals surface area contributed by atoms with Crippen molar-refractivity contribution >= 4 is 28.9 Å². The fourth-order valence-electron chi connectivity index (χ4n) is 3.58. The molecule has 0 amide bonds. The van der Waals surface area contributed by atoms with Crippen LogP contribution in [-0.2, 0) is 12.8 Å². The number of aromatic nitrogens is 2. The van der Waals surface area contributed by atoms with Gasteiger partial charge in [0.05, 0.1) is 18.4 Å². The number of para-hydroxylation sites is 1. The summed E-state index contributed by atoms with van der Waals surface area (Å²) in [5.74, 6) is 1.86. The maximum Gasteiger partial charge on any atom is 0.229 e. The third-order valence-electron chi connectivity index (χ3n) is 5.06. The summed E-state index contributed by atoms with van der Waals surface area (Å²) >= 11 is 0. The molecule has 1 aromatic heterocycles. The normalized spacial score (nSPS) is 13.0. The summed E-state index contributed by atoms with van der Waals surface area (Å²) in [5, 5.41) is 6.64. The highest BCUT2D eigenvalue weighted by Crippen LogP contribution is 2.31. The molecule has 1 aliphatic rings. The summed E-state index contributed by atoms with van der Waals surface area (Å²) in [6.45, 7) is 2.11. The van der Waals surface area contributed by atoms with E-state index in [1.54, 1.807) is 7.11 Å². The van der Waals surface area contributed by atoms with Crippen LogP contribution in [0.5, 0.6) is 5.75 Å². The van der Waals surface area contributed by atoms with Gasteiger partial charge in [-0.3, -0.25) is 4.79 Å². The Morgan fingerprint density at radius 2 is 1.90 bits per heavy atom. The van der Waals surface area contributed by atoms with Crippen LogP contribution in [0.15, 0.2) is 48.5 Å². The van der Waals surface area contributed by atoms with Crippen LogP contribution in [0.1, 0.15) is 41.4 Å². The van der Waals surface area contributed by atoms with Crippen molar-refractivity contribution in [1.29, 1.82) is 0 Å². The van der Waals surface area contributed by atoms with Crippen LogP contribution in [0, 0.1) is 0 Å². The van der Waals surface area contributed by atoms with Gasteiger partial charge in [-0.25, -0.2) is 4.98 Å². The first-order valence-corrected chi connectivity index (χ1v) is 9.88. The fraction of sp³-hybridized carbons (Fsp3) is 0.261. The number of fused-ring (bicyclic) bond motifs is 1. The first kappa shape index (κ1) is 18.9. The van der Waals surface area contributed by atoms with E-state index >= 15 is 0 Å². The topological polar surface area (TPSA) is 76.1 Å². The van der Waals surface area contributed by atoms with E-state index in [0.717, 1.165) is 42.1 Å². The monoisotopic (exact) mass is 388 g/mol. The largest absolute Gasteiger partial charge is 0.497 e. The summed E-state index contributed by atoms with van der Waals surface area (Å²) in [5.41, 5.74) is 4.36. The van der Waals surface area contributed by atoms with Crippen LogP contribution in [0.2, 0.25) is 0 Å². The first-order valence-electron chi connectivity index (χ1n) is 9.88. The third-order valence-corrected chi connectivity index (χ3v) is 5.06. The minimum atomic E-state index is 0.0932. The molecule has 0 saturated heterocycles. The molecular formula is C23H24N4O2. The summed E-state index contributed by atoms with van der Waals surface area (Å²) in [6, 6.07) is 15.7. The lowest BCUT2D eigenvalue weighted by Gasteiger charge is -2.20. The van der Waals surface area contributed by atoms with Gasteiger partial charge < -0.3 is 15.4 Å². The standard InChI is InChI=1S/C23H24N4O2/c1-3-15-8-4-5-11-18(15)25-22-21-19(12-7-13-20(21)28)26-23(27-22)24-16-9-6-10-17(14-16)29-2/h4-6,8-11,14H,3,7,12-13H2,1-2H3,(H2,24,25,26,27). The van der Waals surface area contributed by atoms with E-state index in [4.69, 9.17) is 4.74 Å². The van der Waals surface area contributed by atoms with E-state index in [0.29, 0.717) is 23.8 Å². The summed E-state index contributed by atoms with van der Waals surface area (Å²) in [4.78, 5) is 21.9. The Kier molecular flexibility index (Phi) is 5.42. The van der Waals surface area contributed by atoms with Crippen LogP contribution in [0.25, 0.3) is 0 Å². The molecule has 0 bridgehead atoms. The van der Waals surface area contributed by atoms with Crippen molar-refractivity contribution < 1.29 is 9.53 Å². The SMILES string of the molecule is CCc1ccccc1Nc1nc(Nc2cccc(OC)c2)nc2c1C(=O)CCC2. The number of methoxy groups -OCH3 is 1. The molecule has 29 heavy (non-hydrogen) atoms. The van der Waals surface area contributed by atoms with Crippen molar-refractivity contribution in [3.63, 3.8) is 0 Å². The molecule has 148 valence electrons. The smallest absolute Gasteiger partial charge is 0.229 e. The average Bonchev–Trinajstić information content (AvgIpc) is 2.74. The zero-order chi connectivity index (χ0) is 20.2. The fourth-order valence-corrected chi connectivity index (χ4v) is 3.58. The maximum absolute atomic E-state index is 12.6. The molecule has 2 N–H and O–H groups in total. The molecule has 0 aliphatic heterocycles. The molecule has 6 heteroatoms. The number of hydrogen-bond acceptors (Lipinski definition) is 6. The van der Waals surface area contributed by atoms with E-state index in [-0.39, 0.29) is 5.78 Å². The molecule has 1 heterocycles. The van der Waals surface area contributed by atoms with Gasteiger partial charge in [0.2, 0.25) is 5.95 Å². The van der Waals surface area contributed by atoms with Gasteiger partial charge in [-0.15, -0.1) is 0 Å². The Labute approximate surface area is 170 Å². The number of ketones is 1. The van der Waals surface area contributed by atoms with Crippen molar-refractivity contribution in [1.82, 2.24) is 9.97 Å². The second-order valence-electron chi connectivity index (χ2n) is 6.99. The Bertz CT molecular complexity index is 1050. The van der Waals surface area contributed by atoms with Gasteiger partial charge in [-0.2, -0.15) is 4.98 Å². The molecule has 6 nitrogen and oxygen atoms in total. The number of nitrogens with one attached hydrogen (secondary N) is 2. The highest BCUT2D eigenvalue weighted by Gasteiger charge is 2.25. The Morgan fingerprint density at radius 1 is 1.03 bits per heavy atom. The molecule has 0 unspecified atom stereocenters. The molecule has 2 aromatic carbocycles. The van der Waals surface area contributed by atoms with Crippen LogP contribution in [0.3, 0.4) is 0 Å². The van der Waals surface area contributed by atoms with Crippen molar-refractivity contribution in [2.24, 2.45) is 0 Å². The number of carbonyl (C=O) groups is 1. The van der Waals surface area contributed by atoms with Crippen molar-refractivity contribution in [3.05, 3.63) is 65.4 Å². The van der Waals surface area contributed by atoms with Gasteiger partial charge in [0, 0.05) is 23.9 Å². The van der Waals surface area contributed by atoms with Crippen molar-refractivity contribution in [2.75, 3.05) is 17.7 Å². The maximum atomic E-state index is 12.6. The summed E-state index contributed by atoms with van der Waals surface area (Å²) in [7, 11) is 1.63. The van der Waals surface area contributed by atoms with Gasteiger partial charge in [0.25, 0.3) is 0 Å². The predicted molar refractivity (Wildman–Crippen MR) is 115 cm³/mol. The number of carbonyl (C=O) groups excluding carboxylic acids is 1. The minimum Gasteiger partial charge on any atom is -0.497 e. The van der Waals surface area contributed by atoms with Gasteiger partial charge >= 0.3 is 0 Å². The molecule has 1 aliphatic carbocycles. The highest BCUT2D eigenvalue weighted by atomic mass is 16.5. The highest BCUT2D eigenvalue weighted by molar-refractivity contribution is 6.03. The van der Waals surface area contributed by atoms with Crippen molar-refractivity contribution in [2.45, 2.75) is 32.6 Å². The summed E-state index contributed by atoms with van der Waals surface area (Å²) in [6.07, 6.45) is 3.00. The lowest BCUT2D eigenvalue weighted by Crippen LogP contribution is -2.18. The number of aryl methyl sites for hydroxylation is 2. The van der Waals surface area contributed by atoms with E-state index in [9.17, 15) is 4.79 Å². The molecule has 0 radical (unpaired) electrons. The Hall–Kier alpha value is -3.41. The van der Waals surface area contributed by atoms with Gasteiger partial charge in [0.15, 0.2) is 5.78 Å². The number of rotatable bonds is 6. The molecule has 0 fully saturated rings. The number of Topliss-reactive ketones (excluding diaryl/α,β-unsaturated/α-hetero) is 1. The quantitative estimate of drug-likeness (QED) is 0.615. The number of ether oxygens (including phenoxy) is 1. The lowest BCUT2D eigenvalue weighted by atomic mass is 9.95. The molecule has 0 spiro atoms. The van der Waals surface area contributed by atoms with Gasteiger partial charge in [-0.1, -0.05) is 31.2 Å². The molecule has 0 saturated carbocycles. The van der Waals surface area contributed by atoms with Crippen LogP contribution < -0.4 is 15.4 Å². The second-order valence-corrected chi connectivity index (χ2v) is 6.99. The Morgan fingerprint density at radius 3 is 2.72 bits per heavy atom. The number of anilines is 4. The zero-order valence-electron chi connectivity index (χ0n) is 16.7. The number of nitrogens with zero attached hydrogens (tertiary/aromatic N) is 2. The second kappa shape index (κ2) is 8.31. The van der Waals surface area contributed by atoms with E-state index in [1.807, 2.05) is 42.5 Å². The van der Waals surface area contributed by atoms with E-state index in [1.165, 1.54) is 5.56 Å². The molecule has 0 atom stereocenters. The molecular weight excluding hydrogens is 364 g/mol. The lowest BCUT2D eigenvalue weighted by molar-refractivity contribution is 0.0972. The number of hydrogen-bond donors (Lipinski definition) is 2. The van der Waals surface area contributed by atoms with Crippen molar-refractivity contribution in [3.8, 4) is 5.75 Å². The van der Waals surface area contributed by atoms with Gasteiger partial charge in [0.1, 0.15) is 11.6 Å². The molecule has 4 rings (SSSR count). The van der Waals surface area contributed by atoms with Crippen LogP contribution in [0.4, 0.5) is 23.1 Å². The first-order chi connectivity index (χ1) is 14.2. The summed E-state index contributed by atoms with van der Waals surface area (Å²) < 4.78 is 5.29. The van der Waals surface area contributed by atoms with E-state index < -0.39 is 0 Å². The number of benzene rings is 2. The predicted octanol–water partition coefficient (Wildman–Crippen LogP) is 5.05. The Balaban J connectivity index is 1.74.